The van der Waals surface area contributed by atoms with Gasteiger partial charge in [-0.05, 0) is 56.9 Å². The van der Waals surface area contributed by atoms with Gasteiger partial charge in [0.25, 0.3) is 0 Å². The maximum Gasteiger partial charge on any atom is 0.348 e. The highest BCUT2D eigenvalue weighted by Crippen LogP contribution is 2.42. The molecule has 0 aromatic heterocycles. The van der Waals surface area contributed by atoms with Crippen molar-refractivity contribution in [2.75, 3.05) is 0 Å². The first-order valence-corrected chi connectivity index (χ1v) is 5.93. The Hall–Kier alpha value is -1.51. The molecule has 1 aromatic rings. The van der Waals surface area contributed by atoms with Gasteiger partial charge in [-0.1, -0.05) is 6.07 Å². The summed E-state index contributed by atoms with van der Waals surface area (Å²) in [6.45, 7) is 5.69. The van der Waals surface area contributed by atoms with E-state index >= 15 is 0 Å². The summed E-state index contributed by atoms with van der Waals surface area (Å²) in [5.74, 6) is -0.0928. The van der Waals surface area contributed by atoms with E-state index in [9.17, 15) is 9.90 Å². The minimum atomic E-state index is -1.08. The Morgan fingerprint density at radius 2 is 2.00 bits per heavy atom. The van der Waals surface area contributed by atoms with Gasteiger partial charge >= 0.3 is 5.97 Å². The lowest BCUT2D eigenvalue weighted by atomic mass is 10.0. The summed E-state index contributed by atoms with van der Waals surface area (Å²) in [6, 6.07) is 5.70. The van der Waals surface area contributed by atoms with E-state index in [1.54, 1.807) is 6.92 Å². The van der Waals surface area contributed by atoms with Gasteiger partial charge < -0.3 is 9.84 Å². The van der Waals surface area contributed by atoms with Crippen LogP contribution in [0, 0.1) is 19.8 Å². The van der Waals surface area contributed by atoms with Crippen LogP contribution in [0.2, 0.25) is 0 Å². The van der Waals surface area contributed by atoms with Gasteiger partial charge in [0.2, 0.25) is 5.60 Å². The number of aryl methyl sites for hydroxylation is 2. The van der Waals surface area contributed by atoms with Gasteiger partial charge in [-0.25, -0.2) is 4.79 Å². The molecule has 92 valence electrons. The standard InChI is InChI=1S/C14H18O3/c1-9-4-7-12(8-10(9)2)17-14(3,13(15)16)11-5-6-11/h4,7-8,11H,5-6H2,1-3H3,(H,15,16). The Balaban J connectivity index is 2.23. The molecule has 0 spiro atoms. The summed E-state index contributed by atoms with van der Waals surface area (Å²) in [5, 5.41) is 9.30. The zero-order chi connectivity index (χ0) is 12.6. The number of benzene rings is 1. The van der Waals surface area contributed by atoms with Gasteiger partial charge in [-0.3, -0.25) is 0 Å². The molecule has 1 aromatic carbocycles. The monoisotopic (exact) mass is 234 g/mol. The summed E-state index contributed by atoms with van der Waals surface area (Å²) >= 11 is 0. The zero-order valence-corrected chi connectivity index (χ0v) is 10.5. The maximum absolute atomic E-state index is 11.3. The van der Waals surface area contributed by atoms with Gasteiger partial charge in [0, 0.05) is 5.92 Å². The van der Waals surface area contributed by atoms with Crippen LogP contribution < -0.4 is 4.74 Å². The quantitative estimate of drug-likeness (QED) is 0.871. The third-order valence-corrected chi connectivity index (χ3v) is 3.59. The Morgan fingerprint density at radius 1 is 1.35 bits per heavy atom. The SMILES string of the molecule is Cc1ccc(OC(C)(C(=O)O)C2CC2)cc1C. The van der Waals surface area contributed by atoms with Crippen LogP contribution in [0.4, 0.5) is 0 Å². The van der Waals surface area contributed by atoms with Crippen LogP contribution in [0.25, 0.3) is 0 Å². The Morgan fingerprint density at radius 3 is 2.47 bits per heavy atom. The Labute approximate surface area is 101 Å². The second kappa shape index (κ2) is 4.06. The van der Waals surface area contributed by atoms with Gasteiger partial charge in [-0.2, -0.15) is 0 Å². The summed E-state index contributed by atoms with van der Waals surface area (Å²) in [6.07, 6.45) is 1.88. The maximum atomic E-state index is 11.3. The number of carboxylic acids is 1. The Bertz CT molecular complexity index is 449. The normalized spacial score (nSPS) is 18.5. The number of rotatable bonds is 4. The van der Waals surface area contributed by atoms with E-state index in [-0.39, 0.29) is 5.92 Å². The molecule has 3 heteroatoms. The predicted molar refractivity (Wildman–Crippen MR) is 65.3 cm³/mol. The number of hydrogen-bond acceptors (Lipinski definition) is 2. The van der Waals surface area contributed by atoms with E-state index in [1.165, 1.54) is 5.56 Å². The van der Waals surface area contributed by atoms with Crippen LogP contribution in [0.1, 0.15) is 30.9 Å². The van der Waals surface area contributed by atoms with Crippen molar-refractivity contribution < 1.29 is 14.6 Å². The van der Waals surface area contributed by atoms with Crippen LogP contribution in [0.15, 0.2) is 18.2 Å². The van der Waals surface area contributed by atoms with Crippen molar-refractivity contribution in [1.29, 1.82) is 0 Å². The molecule has 1 unspecified atom stereocenters. The van der Waals surface area contributed by atoms with Crippen molar-refractivity contribution in [3.8, 4) is 5.75 Å². The fraction of sp³-hybridized carbons (Fsp3) is 0.500. The molecule has 2 rings (SSSR count). The van der Waals surface area contributed by atoms with E-state index in [4.69, 9.17) is 4.74 Å². The number of hydrogen-bond donors (Lipinski definition) is 1. The lowest BCUT2D eigenvalue weighted by Crippen LogP contribution is -2.43. The smallest absolute Gasteiger partial charge is 0.348 e. The summed E-state index contributed by atoms with van der Waals surface area (Å²) in [4.78, 5) is 11.3. The van der Waals surface area contributed by atoms with Crippen molar-refractivity contribution in [2.45, 2.75) is 39.2 Å². The van der Waals surface area contributed by atoms with Crippen molar-refractivity contribution in [3.63, 3.8) is 0 Å². The van der Waals surface area contributed by atoms with Crippen molar-refractivity contribution in [2.24, 2.45) is 5.92 Å². The number of ether oxygens (including phenoxy) is 1. The summed E-state index contributed by atoms with van der Waals surface area (Å²) < 4.78 is 5.72. The van der Waals surface area contributed by atoms with E-state index < -0.39 is 11.6 Å². The van der Waals surface area contributed by atoms with Crippen molar-refractivity contribution >= 4 is 5.97 Å². The highest BCUT2D eigenvalue weighted by atomic mass is 16.5. The fourth-order valence-electron chi connectivity index (χ4n) is 1.96. The van der Waals surface area contributed by atoms with E-state index in [1.807, 2.05) is 32.0 Å². The molecule has 1 saturated carbocycles. The average Bonchev–Trinajstić information content (AvgIpc) is 3.07. The van der Waals surface area contributed by atoms with Crippen LogP contribution >= 0.6 is 0 Å². The lowest BCUT2D eigenvalue weighted by molar-refractivity contribution is -0.155. The zero-order valence-electron chi connectivity index (χ0n) is 10.5. The molecular formula is C14H18O3. The topological polar surface area (TPSA) is 46.5 Å². The van der Waals surface area contributed by atoms with Crippen LogP contribution in [0.3, 0.4) is 0 Å². The van der Waals surface area contributed by atoms with Gasteiger partial charge in [0.15, 0.2) is 0 Å². The molecule has 0 heterocycles. The minimum Gasteiger partial charge on any atom is -0.478 e. The molecule has 1 aliphatic rings. The largest absolute Gasteiger partial charge is 0.478 e. The number of carbonyl (C=O) groups is 1. The first kappa shape index (κ1) is 12.0. The minimum absolute atomic E-state index is 0.140. The number of carboxylic acid groups (broad SMARTS) is 1. The molecule has 3 nitrogen and oxygen atoms in total. The second-order valence-corrected chi connectivity index (χ2v) is 5.03. The molecule has 1 fully saturated rings. The highest BCUT2D eigenvalue weighted by Gasteiger charge is 2.49. The molecule has 0 amide bonds. The molecule has 0 bridgehead atoms. The van der Waals surface area contributed by atoms with Gasteiger partial charge in [0.05, 0.1) is 0 Å². The molecular weight excluding hydrogens is 216 g/mol. The molecule has 17 heavy (non-hydrogen) atoms. The second-order valence-electron chi connectivity index (χ2n) is 5.03. The fourth-order valence-corrected chi connectivity index (χ4v) is 1.96. The Kier molecular flexibility index (Phi) is 2.86. The first-order valence-electron chi connectivity index (χ1n) is 5.93. The van der Waals surface area contributed by atoms with E-state index in [0.717, 1.165) is 18.4 Å². The number of aliphatic carboxylic acids is 1. The third-order valence-electron chi connectivity index (χ3n) is 3.59. The molecule has 1 N–H and O–H groups in total. The first-order chi connectivity index (χ1) is 7.93. The molecule has 1 atom stereocenters. The summed E-state index contributed by atoms with van der Waals surface area (Å²) in [5.41, 5.74) is 1.22. The van der Waals surface area contributed by atoms with Crippen LogP contribution in [-0.4, -0.2) is 16.7 Å². The average molecular weight is 234 g/mol. The molecule has 1 aliphatic carbocycles. The molecule has 0 aliphatic heterocycles. The van der Waals surface area contributed by atoms with Crippen LogP contribution in [-0.2, 0) is 4.79 Å². The third kappa shape index (κ3) is 2.28. The molecule has 0 saturated heterocycles. The summed E-state index contributed by atoms with van der Waals surface area (Å²) in [7, 11) is 0. The lowest BCUT2D eigenvalue weighted by Gasteiger charge is -2.26. The van der Waals surface area contributed by atoms with Crippen LogP contribution in [0.5, 0.6) is 5.75 Å². The van der Waals surface area contributed by atoms with E-state index in [0.29, 0.717) is 5.75 Å². The highest BCUT2D eigenvalue weighted by molar-refractivity contribution is 5.78. The van der Waals surface area contributed by atoms with Crippen molar-refractivity contribution in [1.82, 2.24) is 0 Å². The van der Waals surface area contributed by atoms with Crippen molar-refractivity contribution in [3.05, 3.63) is 29.3 Å². The van der Waals surface area contributed by atoms with E-state index in [2.05, 4.69) is 0 Å². The van der Waals surface area contributed by atoms with Gasteiger partial charge in [0.1, 0.15) is 5.75 Å². The predicted octanol–water partition coefficient (Wildman–Crippen LogP) is 2.94. The molecule has 0 radical (unpaired) electrons. The van der Waals surface area contributed by atoms with Gasteiger partial charge in [-0.15, -0.1) is 0 Å².